The lowest BCUT2D eigenvalue weighted by molar-refractivity contribution is 0.201. The van der Waals surface area contributed by atoms with Crippen LogP contribution in [0.1, 0.15) is 23.6 Å². The minimum absolute atomic E-state index is 0.0216. The van der Waals surface area contributed by atoms with Crippen LogP contribution in [0.15, 0.2) is 96.8 Å². The van der Waals surface area contributed by atoms with Crippen molar-refractivity contribution >= 4 is 5.84 Å². The van der Waals surface area contributed by atoms with E-state index < -0.39 is 0 Å². The molecule has 0 saturated carbocycles. The van der Waals surface area contributed by atoms with E-state index in [1.807, 2.05) is 48.9 Å². The standard InChI is InChI=1S/C24H27N5O/c1-19-26-24(22(17-30)29(19)15-8-14-28-16-13-25-18-28)27-23(20-9-4-2-5-10-20)21-11-6-3-7-12-21/h2-7,9-13,16,18,22-23,30H,1,8,14-15,17H2,(H,26,27). The summed E-state index contributed by atoms with van der Waals surface area (Å²) in [4.78, 5) is 11.2. The largest absolute Gasteiger partial charge is 0.394 e. The number of hydrogen-bond donors (Lipinski definition) is 2. The van der Waals surface area contributed by atoms with Gasteiger partial charge >= 0.3 is 0 Å². The highest BCUT2D eigenvalue weighted by Crippen LogP contribution is 2.28. The third-order valence-electron chi connectivity index (χ3n) is 5.36. The lowest BCUT2D eigenvalue weighted by atomic mass is 9.99. The molecular formula is C24H27N5O. The SMILES string of the molecule is C=C1NC(=NC(c2ccccc2)c2ccccc2)C(CO)N1CCCn1ccnc1. The van der Waals surface area contributed by atoms with E-state index in [1.165, 1.54) is 0 Å². The predicted octanol–water partition coefficient (Wildman–Crippen LogP) is 3.20. The highest BCUT2D eigenvalue weighted by molar-refractivity contribution is 5.92. The van der Waals surface area contributed by atoms with Crippen LogP contribution in [-0.4, -0.2) is 44.6 Å². The number of aliphatic hydroxyl groups is 1. The minimum atomic E-state index is -0.227. The molecule has 2 N–H and O–H groups in total. The highest BCUT2D eigenvalue weighted by Gasteiger charge is 2.32. The number of aliphatic imine (C=N–C) groups is 1. The summed E-state index contributed by atoms with van der Waals surface area (Å²) >= 11 is 0. The van der Waals surface area contributed by atoms with E-state index in [0.29, 0.717) is 0 Å². The van der Waals surface area contributed by atoms with Crippen molar-refractivity contribution in [3.8, 4) is 0 Å². The second-order valence-electron chi connectivity index (χ2n) is 7.36. The second kappa shape index (κ2) is 9.41. The first-order valence-electron chi connectivity index (χ1n) is 10.2. The fourth-order valence-corrected chi connectivity index (χ4v) is 3.83. The molecule has 0 radical (unpaired) electrons. The van der Waals surface area contributed by atoms with Gasteiger partial charge in [0.1, 0.15) is 17.9 Å². The molecule has 1 fully saturated rings. The summed E-state index contributed by atoms with van der Waals surface area (Å²) in [6.45, 7) is 5.77. The molecule has 0 amide bonds. The average molecular weight is 402 g/mol. The van der Waals surface area contributed by atoms with E-state index in [9.17, 15) is 5.11 Å². The van der Waals surface area contributed by atoms with Gasteiger partial charge in [-0.15, -0.1) is 0 Å². The zero-order valence-electron chi connectivity index (χ0n) is 16.9. The van der Waals surface area contributed by atoms with Crippen molar-refractivity contribution in [2.45, 2.75) is 25.0 Å². The first-order valence-corrected chi connectivity index (χ1v) is 10.2. The summed E-state index contributed by atoms with van der Waals surface area (Å²) in [6.07, 6.45) is 6.47. The summed E-state index contributed by atoms with van der Waals surface area (Å²) in [5.41, 5.74) is 2.22. The molecule has 2 aromatic carbocycles. The maximum Gasteiger partial charge on any atom is 0.128 e. The molecule has 3 aromatic rings. The third kappa shape index (κ3) is 4.44. The Hall–Kier alpha value is -3.38. The second-order valence-corrected chi connectivity index (χ2v) is 7.36. The molecule has 6 heteroatoms. The Morgan fingerprint density at radius 3 is 2.27 bits per heavy atom. The van der Waals surface area contributed by atoms with Crippen LogP contribution in [0.3, 0.4) is 0 Å². The Morgan fingerprint density at radius 2 is 1.70 bits per heavy atom. The molecule has 6 nitrogen and oxygen atoms in total. The summed E-state index contributed by atoms with van der Waals surface area (Å²) in [5.74, 6) is 1.53. The van der Waals surface area contributed by atoms with E-state index in [2.05, 4.69) is 50.6 Å². The Bertz CT molecular complexity index is 930. The van der Waals surface area contributed by atoms with Crippen molar-refractivity contribution in [2.75, 3.05) is 13.2 Å². The molecular weight excluding hydrogens is 374 g/mol. The topological polar surface area (TPSA) is 65.7 Å². The smallest absolute Gasteiger partial charge is 0.128 e. The summed E-state index contributed by atoms with van der Waals surface area (Å²) < 4.78 is 2.05. The van der Waals surface area contributed by atoms with Crippen LogP contribution in [0.25, 0.3) is 0 Å². The molecule has 1 aliphatic rings. The lowest BCUT2D eigenvalue weighted by Crippen LogP contribution is -2.37. The number of amidine groups is 1. The Labute approximate surface area is 177 Å². The van der Waals surface area contributed by atoms with Gasteiger partial charge < -0.3 is 19.9 Å². The number of nitrogens with one attached hydrogen (secondary N) is 1. The van der Waals surface area contributed by atoms with Gasteiger partial charge in [0.05, 0.1) is 18.8 Å². The fraction of sp³-hybridized carbons (Fsp3) is 0.250. The lowest BCUT2D eigenvalue weighted by Gasteiger charge is -2.24. The van der Waals surface area contributed by atoms with E-state index in [0.717, 1.165) is 42.3 Å². The third-order valence-corrected chi connectivity index (χ3v) is 5.36. The maximum absolute atomic E-state index is 10.1. The number of aromatic nitrogens is 2. The molecule has 1 aromatic heterocycles. The first-order chi connectivity index (χ1) is 14.8. The molecule has 1 atom stereocenters. The van der Waals surface area contributed by atoms with Gasteiger partial charge in [-0.2, -0.15) is 0 Å². The van der Waals surface area contributed by atoms with Crippen molar-refractivity contribution in [3.63, 3.8) is 0 Å². The van der Waals surface area contributed by atoms with Crippen LogP contribution in [-0.2, 0) is 6.54 Å². The fourth-order valence-electron chi connectivity index (χ4n) is 3.83. The molecule has 0 aliphatic carbocycles. The van der Waals surface area contributed by atoms with Crippen LogP contribution < -0.4 is 5.32 Å². The van der Waals surface area contributed by atoms with Crippen LogP contribution in [0.5, 0.6) is 0 Å². The normalized spacial score (nSPS) is 17.7. The number of aryl methyl sites for hydroxylation is 1. The zero-order valence-corrected chi connectivity index (χ0v) is 16.9. The van der Waals surface area contributed by atoms with E-state index >= 15 is 0 Å². The Morgan fingerprint density at radius 1 is 1.03 bits per heavy atom. The number of hydrogen-bond acceptors (Lipinski definition) is 4. The molecule has 1 saturated heterocycles. The molecule has 1 unspecified atom stereocenters. The van der Waals surface area contributed by atoms with Crippen molar-refractivity contribution in [2.24, 2.45) is 4.99 Å². The highest BCUT2D eigenvalue weighted by atomic mass is 16.3. The maximum atomic E-state index is 10.1. The minimum Gasteiger partial charge on any atom is -0.394 e. The molecule has 4 rings (SSSR count). The van der Waals surface area contributed by atoms with E-state index in [-0.39, 0.29) is 18.7 Å². The van der Waals surface area contributed by atoms with Gasteiger partial charge in [0, 0.05) is 25.5 Å². The summed E-state index contributed by atoms with van der Waals surface area (Å²) in [6, 6.07) is 20.1. The van der Waals surface area contributed by atoms with Gasteiger partial charge in [-0.05, 0) is 17.5 Å². The molecule has 30 heavy (non-hydrogen) atoms. The van der Waals surface area contributed by atoms with E-state index in [4.69, 9.17) is 4.99 Å². The van der Waals surface area contributed by atoms with Gasteiger partial charge in [-0.3, -0.25) is 4.99 Å². The van der Waals surface area contributed by atoms with Gasteiger partial charge in [0.15, 0.2) is 0 Å². The molecule has 0 bridgehead atoms. The van der Waals surface area contributed by atoms with Gasteiger partial charge in [-0.1, -0.05) is 67.2 Å². The van der Waals surface area contributed by atoms with Crippen molar-refractivity contribution in [1.82, 2.24) is 19.8 Å². The number of nitrogens with zero attached hydrogens (tertiary/aromatic N) is 4. The zero-order chi connectivity index (χ0) is 20.8. The van der Waals surface area contributed by atoms with Crippen LogP contribution in [0, 0.1) is 0 Å². The van der Waals surface area contributed by atoms with Gasteiger partial charge in [0.25, 0.3) is 0 Å². The van der Waals surface area contributed by atoms with Crippen LogP contribution >= 0.6 is 0 Å². The predicted molar refractivity (Wildman–Crippen MR) is 119 cm³/mol. The molecule has 1 aliphatic heterocycles. The molecule has 2 heterocycles. The number of rotatable bonds is 8. The Kier molecular flexibility index (Phi) is 6.25. The van der Waals surface area contributed by atoms with Gasteiger partial charge in [0.2, 0.25) is 0 Å². The quantitative estimate of drug-likeness (QED) is 0.608. The van der Waals surface area contributed by atoms with E-state index in [1.54, 1.807) is 6.20 Å². The van der Waals surface area contributed by atoms with Crippen LogP contribution in [0.2, 0.25) is 0 Å². The van der Waals surface area contributed by atoms with Crippen molar-refractivity contribution in [1.29, 1.82) is 0 Å². The van der Waals surface area contributed by atoms with Gasteiger partial charge in [-0.25, -0.2) is 4.98 Å². The number of aliphatic hydroxyl groups excluding tert-OH is 1. The van der Waals surface area contributed by atoms with Crippen molar-refractivity contribution in [3.05, 3.63) is 103 Å². The monoisotopic (exact) mass is 401 g/mol. The molecule has 0 spiro atoms. The first kappa shape index (κ1) is 19.9. The Balaban J connectivity index is 1.56. The van der Waals surface area contributed by atoms with Crippen LogP contribution in [0.4, 0.5) is 0 Å². The van der Waals surface area contributed by atoms with Crippen molar-refractivity contribution < 1.29 is 5.11 Å². The summed E-state index contributed by atoms with van der Waals surface area (Å²) in [5, 5.41) is 13.5. The number of benzene rings is 2. The average Bonchev–Trinajstić information content (AvgIpc) is 3.41. The summed E-state index contributed by atoms with van der Waals surface area (Å²) in [7, 11) is 0. The molecule has 154 valence electrons. The number of imidazole rings is 1.